The number of para-hydroxylation sites is 1. The summed E-state index contributed by atoms with van der Waals surface area (Å²) in [4.78, 5) is 4.83. The van der Waals surface area contributed by atoms with Crippen LogP contribution in [0.25, 0.3) is 10.9 Å². The van der Waals surface area contributed by atoms with Gasteiger partial charge in [-0.05, 0) is 49.1 Å². The topological polar surface area (TPSA) is 50.9 Å². The lowest BCUT2D eigenvalue weighted by atomic mass is 9.73. The van der Waals surface area contributed by atoms with Crippen molar-refractivity contribution >= 4 is 10.9 Å². The van der Waals surface area contributed by atoms with Crippen molar-refractivity contribution in [2.24, 2.45) is 23.6 Å². The van der Waals surface area contributed by atoms with Gasteiger partial charge in [-0.3, -0.25) is 16.3 Å². The van der Waals surface area contributed by atoms with Crippen LogP contribution >= 0.6 is 0 Å². The Morgan fingerprint density at radius 3 is 2.48 bits per heavy atom. The second-order valence-electron chi connectivity index (χ2n) is 6.75. The molecule has 1 aliphatic carbocycles. The van der Waals surface area contributed by atoms with Crippen molar-refractivity contribution in [2.45, 2.75) is 39.2 Å². The van der Waals surface area contributed by atoms with Crippen molar-refractivity contribution in [2.75, 3.05) is 0 Å². The molecule has 3 heteroatoms. The summed E-state index contributed by atoms with van der Waals surface area (Å²) in [6, 6.07) is 12.7. The highest BCUT2D eigenvalue weighted by molar-refractivity contribution is 5.78. The second-order valence-corrected chi connectivity index (χ2v) is 6.75. The molecule has 21 heavy (non-hydrogen) atoms. The van der Waals surface area contributed by atoms with Gasteiger partial charge in [0.15, 0.2) is 0 Å². The van der Waals surface area contributed by atoms with Gasteiger partial charge < -0.3 is 0 Å². The lowest BCUT2D eigenvalue weighted by Crippen LogP contribution is -2.37. The van der Waals surface area contributed by atoms with Crippen molar-refractivity contribution in [3.05, 3.63) is 42.1 Å². The number of nitrogens with one attached hydrogen (secondary N) is 1. The van der Waals surface area contributed by atoms with E-state index < -0.39 is 0 Å². The number of rotatable bonds is 3. The van der Waals surface area contributed by atoms with E-state index in [0.29, 0.717) is 5.92 Å². The van der Waals surface area contributed by atoms with Gasteiger partial charge in [-0.2, -0.15) is 0 Å². The number of benzene rings is 1. The molecule has 0 radical (unpaired) electrons. The third-order valence-electron chi connectivity index (χ3n) is 4.80. The van der Waals surface area contributed by atoms with Crippen LogP contribution in [0.3, 0.4) is 0 Å². The smallest absolute Gasteiger partial charge is 0.0706 e. The molecule has 1 saturated carbocycles. The normalized spacial score (nSPS) is 27.7. The molecule has 3 unspecified atom stereocenters. The number of nitrogens with zero attached hydrogens (tertiary/aromatic N) is 1. The molecule has 1 aromatic heterocycles. The van der Waals surface area contributed by atoms with Crippen LogP contribution in [0, 0.1) is 17.8 Å². The van der Waals surface area contributed by atoms with Crippen molar-refractivity contribution in [1.29, 1.82) is 0 Å². The highest BCUT2D eigenvalue weighted by atomic mass is 15.2. The van der Waals surface area contributed by atoms with E-state index in [0.717, 1.165) is 23.0 Å². The SMILES string of the molecule is CC1CC(C)CC(C(NN)c2ccc3ccccc3n2)C1. The van der Waals surface area contributed by atoms with Gasteiger partial charge in [0.05, 0.1) is 17.3 Å². The molecule has 1 heterocycles. The monoisotopic (exact) mass is 283 g/mol. The minimum Gasteiger partial charge on any atom is -0.271 e. The van der Waals surface area contributed by atoms with Crippen molar-refractivity contribution in [3.63, 3.8) is 0 Å². The number of pyridine rings is 1. The fraction of sp³-hybridized carbons (Fsp3) is 0.500. The number of nitrogens with two attached hydrogens (primary N) is 1. The van der Waals surface area contributed by atoms with Crippen molar-refractivity contribution < 1.29 is 0 Å². The Labute approximate surface area is 126 Å². The van der Waals surface area contributed by atoms with Crippen LogP contribution in [0.1, 0.15) is 44.8 Å². The summed E-state index contributed by atoms with van der Waals surface area (Å²) < 4.78 is 0. The molecule has 3 N–H and O–H groups in total. The zero-order valence-electron chi connectivity index (χ0n) is 12.9. The molecule has 0 aliphatic heterocycles. The van der Waals surface area contributed by atoms with E-state index in [9.17, 15) is 0 Å². The Morgan fingerprint density at radius 2 is 1.76 bits per heavy atom. The van der Waals surface area contributed by atoms with E-state index in [1.165, 1.54) is 24.6 Å². The molecule has 3 nitrogen and oxygen atoms in total. The molecule has 2 aromatic rings. The molecule has 0 saturated heterocycles. The maximum absolute atomic E-state index is 5.88. The maximum atomic E-state index is 5.88. The summed E-state index contributed by atoms with van der Waals surface area (Å²) in [6.45, 7) is 4.70. The van der Waals surface area contributed by atoms with E-state index >= 15 is 0 Å². The number of hydrogen-bond acceptors (Lipinski definition) is 3. The van der Waals surface area contributed by atoms with Gasteiger partial charge in [0.2, 0.25) is 0 Å². The Balaban J connectivity index is 1.90. The Hall–Kier alpha value is -1.45. The average Bonchev–Trinajstić information content (AvgIpc) is 2.47. The molecule has 1 aromatic carbocycles. The lowest BCUT2D eigenvalue weighted by Gasteiger charge is -2.36. The third kappa shape index (κ3) is 3.09. The Kier molecular flexibility index (Phi) is 4.22. The predicted molar refractivity (Wildman–Crippen MR) is 87.5 cm³/mol. The number of aromatic nitrogens is 1. The first-order chi connectivity index (χ1) is 10.2. The van der Waals surface area contributed by atoms with Gasteiger partial charge in [0.1, 0.15) is 0 Å². The van der Waals surface area contributed by atoms with Crippen LogP contribution in [0.2, 0.25) is 0 Å². The summed E-state index contributed by atoms with van der Waals surface area (Å²) in [5, 5.41) is 1.18. The summed E-state index contributed by atoms with van der Waals surface area (Å²) in [6.07, 6.45) is 3.79. The molecule has 3 atom stereocenters. The predicted octanol–water partition coefficient (Wildman–Crippen LogP) is 3.81. The summed E-state index contributed by atoms with van der Waals surface area (Å²) in [5.74, 6) is 8.00. The molecule has 0 bridgehead atoms. The van der Waals surface area contributed by atoms with Crippen molar-refractivity contribution in [1.82, 2.24) is 10.4 Å². The minimum atomic E-state index is 0.153. The van der Waals surface area contributed by atoms with E-state index in [1.54, 1.807) is 0 Å². The van der Waals surface area contributed by atoms with Gasteiger partial charge in [0, 0.05) is 5.39 Å². The van der Waals surface area contributed by atoms with Crippen LogP contribution in [-0.4, -0.2) is 4.98 Å². The highest BCUT2D eigenvalue weighted by Gasteiger charge is 2.31. The van der Waals surface area contributed by atoms with Crippen molar-refractivity contribution in [3.8, 4) is 0 Å². The van der Waals surface area contributed by atoms with Crippen LogP contribution in [-0.2, 0) is 0 Å². The lowest BCUT2D eigenvalue weighted by molar-refractivity contribution is 0.175. The Morgan fingerprint density at radius 1 is 1.05 bits per heavy atom. The fourth-order valence-corrected chi connectivity index (χ4v) is 4.00. The highest BCUT2D eigenvalue weighted by Crippen LogP contribution is 2.39. The molecular formula is C18H25N3. The van der Waals surface area contributed by atoms with Gasteiger partial charge in [-0.15, -0.1) is 0 Å². The minimum absolute atomic E-state index is 0.153. The van der Waals surface area contributed by atoms with Gasteiger partial charge >= 0.3 is 0 Å². The molecule has 0 spiro atoms. The molecule has 0 amide bonds. The molecule has 3 rings (SSSR count). The van der Waals surface area contributed by atoms with Gasteiger partial charge in [-0.25, -0.2) is 0 Å². The molecule has 1 fully saturated rings. The molecule has 1 aliphatic rings. The van der Waals surface area contributed by atoms with E-state index in [4.69, 9.17) is 10.8 Å². The van der Waals surface area contributed by atoms with Crippen LogP contribution in [0.4, 0.5) is 0 Å². The number of fused-ring (bicyclic) bond motifs is 1. The maximum Gasteiger partial charge on any atom is 0.0706 e. The third-order valence-corrected chi connectivity index (χ3v) is 4.80. The fourth-order valence-electron chi connectivity index (χ4n) is 4.00. The quantitative estimate of drug-likeness (QED) is 0.665. The average molecular weight is 283 g/mol. The van der Waals surface area contributed by atoms with E-state index in [1.807, 2.05) is 12.1 Å². The van der Waals surface area contributed by atoms with Gasteiger partial charge in [0.25, 0.3) is 0 Å². The zero-order valence-corrected chi connectivity index (χ0v) is 12.9. The first-order valence-electron chi connectivity index (χ1n) is 7.99. The summed E-state index contributed by atoms with van der Waals surface area (Å²) >= 11 is 0. The van der Waals surface area contributed by atoms with Crippen LogP contribution < -0.4 is 11.3 Å². The molecule has 112 valence electrons. The standard InChI is InChI=1S/C18H25N3/c1-12-9-13(2)11-15(10-12)18(21-19)17-8-7-14-5-3-4-6-16(14)20-17/h3-8,12-13,15,18,21H,9-11,19H2,1-2H3. The summed E-state index contributed by atoms with van der Waals surface area (Å²) in [5.41, 5.74) is 5.15. The largest absolute Gasteiger partial charge is 0.271 e. The number of hydrogen-bond donors (Lipinski definition) is 2. The van der Waals surface area contributed by atoms with E-state index in [2.05, 4.69) is 43.5 Å². The van der Waals surface area contributed by atoms with Crippen LogP contribution in [0.5, 0.6) is 0 Å². The zero-order chi connectivity index (χ0) is 14.8. The number of hydrazine groups is 1. The van der Waals surface area contributed by atoms with Crippen LogP contribution in [0.15, 0.2) is 36.4 Å². The Bertz CT molecular complexity index is 600. The summed E-state index contributed by atoms with van der Waals surface area (Å²) in [7, 11) is 0. The van der Waals surface area contributed by atoms with Gasteiger partial charge in [-0.1, -0.05) is 38.1 Å². The first-order valence-corrected chi connectivity index (χ1v) is 7.99. The molecular weight excluding hydrogens is 258 g/mol. The first kappa shape index (κ1) is 14.5. The second kappa shape index (κ2) is 6.12. The van der Waals surface area contributed by atoms with E-state index in [-0.39, 0.29) is 6.04 Å².